The van der Waals surface area contributed by atoms with E-state index in [9.17, 15) is 14.4 Å². The van der Waals surface area contributed by atoms with Gasteiger partial charge in [-0.15, -0.1) is 0 Å². The molecule has 2 aromatic carbocycles. The number of hydrogen-bond acceptors (Lipinski definition) is 6. The lowest BCUT2D eigenvalue weighted by Crippen LogP contribution is -2.43. The summed E-state index contributed by atoms with van der Waals surface area (Å²) in [7, 11) is 1.47. The molecule has 0 unspecified atom stereocenters. The normalized spacial score (nSPS) is 10.7. The van der Waals surface area contributed by atoms with Gasteiger partial charge in [0, 0.05) is 23.5 Å². The van der Waals surface area contributed by atoms with Crippen LogP contribution in [0.2, 0.25) is 0 Å². The molecular formula is C23H19N5O3S. The molecule has 4 aromatic rings. The molecule has 2 N–H and O–H groups in total. The first kappa shape index (κ1) is 21.3. The molecule has 0 saturated heterocycles. The van der Waals surface area contributed by atoms with Crippen LogP contribution in [0.15, 0.2) is 81.6 Å². The molecule has 160 valence electrons. The second-order valence-electron chi connectivity index (χ2n) is 7.00. The summed E-state index contributed by atoms with van der Waals surface area (Å²) in [6, 6.07) is 17.8. The molecule has 2 amide bonds. The molecule has 0 atom stereocenters. The molecule has 9 heteroatoms. The zero-order valence-corrected chi connectivity index (χ0v) is 18.1. The molecule has 32 heavy (non-hydrogen) atoms. The lowest BCUT2D eigenvalue weighted by Gasteiger charge is -2.11. The minimum atomic E-state index is -0.637. The third-order valence-electron chi connectivity index (χ3n) is 4.71. The first-order valence-corrected chi connectivity index (χ1v) is 10.5. The SMILES string of the molecule is Cc1ccc(Sc2ncccc2C(=O)NNC(=O)c2nn(C)c(=O)c3ccccc23)cc1. The summed E-state index contributed by atoms with van der Waals surface area (Å²) in [4.78, 5) is 43.0. The van der Waals surface area contributed by atoms with Crippen molar-refractivity contribution in [3.63, 3.8) is 0 Å². The summed E-state index contributed by atoms with van der Waals surface area (Å²) < 4.78 is 1.09. The van der Waals surface area contributed by atoms with Gasteiger partial charge in [-0.1, -0.05) is 47.7 Å². The molecule has 0 aliphatic heterocycles. The number of carbonyl (C=O) groups is 2. The fourth-order valence-corrected chi connectivity index (χ4v) is 3.95. The van der Waals surface area contributed by atoms with Crippen LogP contribution in [0, 0.1) is 6.92 Å². The van der Waals surface area contributed by atoms with Gasteiger partial charge in [-0.05, 0) is 37.3 Å². The zero-order chi connectivity index (χ0) is 22.7. The summed E-state index contributed by atoms with van der Waals surface area (Å²) >= 11 is 1.35. The number of nitrogens with one attached hydrogen (secondary N) is 2. The van der Waals surface area contributed by atoms with Gasteiger partial charge in [0.05, 0.1) is 10.9 Å². The summed E-state index contributed by atoms with van der Waals surface area (Å²) in [5.74, 6) is -1.16. The Morgan fingerprint density at radius 2 is 1.59 bits per heavy atom. The van der Waals surface area contributed by atoms with Gasteiger partial charge in [0.25, 0.3) is 17.4 Å². The van der Waals surface area contributed by atoms with E-state index in [0.29, 0.717) is 21.4 Å². The van der Waals surface area contributed by atoms with Crippen molar-refractivity contribution in [2.45, 2.75) is 16.8 Å². The molecular weight excluding hydrogens is 426 g/mol. The number of hydrogen-bond donors (Lipinski definition) is 2. The predicted octanol–water partition coefficient (Wildman–Crippen LogP) is 2.86. The highest BCUT2D eigenvalue weighted by molar-refractivity contribution is 7.99. The third-order valence-corrected chi connectivity index (χ3v) is 5.74. The van der Waals surface area contributed by atoms with Crippen LogP contribution in [-0.4, -0.2) is 26.6 Å². The number of pyridine rings is 1. The summed E-state index contributed by atoms with van der Waals surface area (Å²) in [6.45, 7) is 2.00. The van der Waals surface area contributed by atoms with Crippen molar-refractivity contribution in [3.05, 3.63) is 94.0 Å². The van der Waals surface area contributed by atoms with E-state index in [1.54, 1.807) is 42.6 Å². The number of hydrazine groups is 1. The first-order valence-electron chi connectivity index (χ1n) is 9.70. The van der Waals surface area contributed by atoms with Gasteiger partial charge in [-0.2, -0.15) is 5.10 Å². The molecule has 2 heterocycles. The molecule has 0 bridgehead atoms. The number of amides is 2. The van der Waals surface area contributed by atoms with Crippen LogP contribution in [0.1, 0.15) is 26.4 Å². The van der Waals surface area contributed by atoms with Crippen molar-refractivity contribution < 1.29 is 9.59 Å². The van der Waals surface area contributed by atoms with Crippen LogP contribution >= 0.6 is 11.8 Å². The molecule has 8 nitrogen and oxygen atoms in total. The largest absolute Gasteiger partial charge is 0.290 e. The maximum absolute atomic E-state index is 12.8. The van der Waals surface area contributed by atoms with Gasteiger partial charge < -0.3 is 0 Å². The Bertz CT molecular complexity index is 1380. The van der Waals surface area contributed by atoms with Crippen molar-refractivity contribution >= 4 is 34.3 Å². The fourth-order valence-electron chi connectivity index (χ4n) is 3.07. The lowest BCUT2D eigenvalue weighted by molar-refractivity contribution is 0.0842. The Hall–Kier alpha value is -3.98. The number of aromatic nitrogens is 3. The Morgan fingerprint density at radius 1 is 0.906 bits per heavy atom. The summed E-state index contributed by atoms with van der Waals surface area (Å²) in [5.41, 5.74) is 5.96. The van der Waals surface area contributed by atoms with Crippen LogP contribution in [0.4, 0.5) is 0 Å². The molecule has 0 aliphatic carbocycles. The van der Waals surface area contributed by atoms with Crippen molar-refractivity contribution in [2.24, 2.45) is 7.05 Å². The van der Waals surface area contributed by atoms with Crippen molar-refractivity contribution in [2.75, 3.05) is 0 Å². The number of fused-ring (bicyclic) bond motifs is 1. The Balaban J connectivity index is 1.53. The Kier molecular flexibility index (Phi) is 6.00. The van der Waals surface area contributed by atoms with Gasteiger partial charge in [0.1, 0.15) is 5.03 Å². The number of rotatable bonds is 4. The topological polar surface area (TPSA) is 106 Å². The second kappa shape index (κ2) is 9.03. The molecule has 0 aliphatic rings. The van der Waals surface area contributed by atoms with E-state index in [4.69, 9.17) is 0 Å². The molecule has 0 saturated carbocycles. The van der Waals surface area contributed by atoms with E-state index < -0.39 is 11.8 Å². The maximum Gasteiger partial charge on any atom is 0.290 e. The summed E-state index contributed by atoms with van der Waals surface area (Å²) in [6.07, 6.45) is 1.60. The quantitative estimate of drug-likeness (QED) is 0.468. The lowest BCUT2D eigenvalue weighted by atomic mass is 10.1. The molecule has 0 spiro atoms. The zero-order valence-electron chi connectivity index (χ0n) is 17.3. The molecule has 0 fully saturated rings. The van der Waals surface area contributed by atoms with Gasteiger partial charge >= 0.3 is 0 Å². The van der Waals surface area contributed by atoms with Gasteiger partial charge in [0.2, 0.25) is 0 Å². The van der Waals surface area contributed by atoms with Crippen molar-refractivity contribution in [3.8, 4) is 0 Å². The number of benzene rings is 2. The smallest absolute Gasteiger partial charge is 0.267 e. The van der Waals surface area contributed by atoms with E-state index in [0.717, 1.165) is 15.1 Å². The van der Waals surface area contributed by atoms with Crippen LogP contribution in [0.25, 0.3) is 10.8 Å². The monoisotopic (exact) mass is 445 g/mol. The molecule has 4 rings (SSSR count). The van der Waals surface area contributed by atoms with Crippen molar-refractivity contribution in [1.29, 1.82) is 0 Å². The van der Waals surface area contributed by atoms with Crippen LogP contribution < -0.4 is 16.4 Å². The summed E-state index contributed by atoms with van der Waals surface area (Å²) in [5, 5.41) is 5.33. The van der Waals surface area contributed by atoms with Crippen LogP contribution in [-0.2, 0) is 7.05 Å². The highest BCUT2D eigenvalue weighted by Crippen LogP contribution is 2.28. The van der Waals surface area contributed by atoms with E-state index in [2.05, 4.69) is 20.9 Å². The van der Waals surface area contributed by atoms with Gasteiger partial charge in [-0.3, -0.25) is 25.2 Å². The number of nitrogens with zero attached hydrogens (tertiary/aromatic N) is 3. The highest BCUT2D eigenvalue weighted by Gasteiger charge is 2.18. The van der Waals surface area contributed by atoms with Crippen LogP contribution in [0.5, 0.6) is 0 Å². The number of aryl methyl sites for hydroxylation is 2. The first-order chi connectivity index (χ1) is 15.4. The minimum absolute atomic E-state index is 0.0310. The van der Waals surface area contributed by atoms with E-state index >= 15 is 0 Å². The average molecular weight is 446 g/mol. The standard InChI is InChI=1S/C23H19N5O3S/c1-14-9-11-15(12-10-14)32-22-18(8-5-13-24-22)20(29)25-26-21(30)19-16-6-3-4-7-17(16)23(31)28(2)27-19/h3-13H,1-2H3,(H,25,29)(H,26,30). The van der Waals surface area contributed by atoms with E-state index in [1.807, 2.05) is 31.2 Å². The highest BCUT2D eigenvalue weighted by atomic mass is 32.2. The van der Waals surface area contributed by atoms with Gasteiger partial charge in [-0.25, -0.2) is 9.67 Å². The van der Waals surface area contributed by atoms with E-state index in [1.165, 1.54) is 18.8 Å². The minimum Gasteiger partial charge on any atom is -0.267 e. The van der Waals surface area contributed by atoms with E-state index in [-0.39, 0.29) is 11.3 Å². The Morgan fingerprint density at radius 3 is 2.34 bits per heavy atom. The maximum atomic E-state index is 12.8. The average Bonchev–Trinajstić information content (AvgIpc) is 2.81. The second-order valence-corrected chi connectivity index (χ2v) is 8.06. The molecule has 0 radical (unpaired) electrons. The third kappa shape index (κ3) is 4.37. The van der Waals surface area contributed by atoms with Crippen molar-refractivity contribution in [1.82, 2.24) is 25.6 Å². The Labute approximate surface area is 187 Å². The predicted molar refractivity (Wildman–Crippen MR) is 121 cm³/mol. The van der Waals surface area contributed by atoms with Gasteiger partial charge in [0.15, 0.2) is 5.69 Å². The van der Waals surface area contributed by atoms with Crippen LogP contribution in [0.3, 0.4) is 0 Å². The molecule has 2 aromatic heterocycles. The number of carbonyl (C=O) groups excluding carboxylic acids is 2. The fraction of sp³-hybridized carbons (Fsp3) is 0.0870.